The fraction of sp³-hybridized carbons (Fsp3) is 0.500. The second kappa shape index (κ2) is 7.17. The van der Waals surface area contributed by atoms with Crippen LogP contribution in [0.3, 0.4) is 0 Å². The number of hydrogen-bond donors (Lipinski definition) is 2. The van der Waals surface area contributed by atoms with E-state index < -0.39 is 10.0 Å². The van der Waals surface area contributed by atoms with Gasteiger partial charge in [-0.2, -0.15) is 0 Å². The van der Waals surface area contributed by atoms with Crippen molar-refractivity contribution in [3.8, 4) is 0 Å². The zero-order valence-corrected chi connectivity index (χ0v) is 14.7. The highest BCUT2D eigenvalue weighted by molar-refractivity contribution is 9.11. The molecule has 1 rings (SSSR count). The van der Waals surface area contributed by atoms with Gasteiger partial charge in [-0.15, -0.1) is 0 Å². The van der Waals surface area contributed by atoms with Crippen LogP contribution in [0.4, 0.5) is 0 Å². The van der Waals surface area contributed by atoms with E-state index >= 15 is 0 Å². The highest BCUT2D eigenvalue weighted by atomic mass is 79.9. The van der Waals surface area contributed by atoms with E-state index in [4.69, 9.17) is 5.11 Å². The van der Waals surface area contributed by atoms with Gasteiger partial charge in [0.25, 0.3) is 0 Å². The lowest BCUT2D eigenvalue weighted by atomic mass is 10.0. The maximum atomic E-state index is 12.4. The van der Waals surface area contributed by atoms with E-state index in [0.29, 0.717) is 15.4 Å². The average Bonchev–Trinajstić information content (AvgIpc) is 2.31. The SMILES string of the molecule is CC(C)C(CCO)NS(=O)(=O)c1cc(Br)ccc1Br. The molecule has 0 aliphatic rings. The molecule has 1 unspecified atom stereocenters. The Hall–Kier alpha value is 0.0500. The van der Waals surface area contributed by atoms with Gasteiger partial charge in [-0.1, -0.05) is 29.8 Å². The number of sulfonamides is 1. The number of aliphatic hydroxyl groups excluding tert-OH is 1. The summed E-state index contributed by atoms with van der Waals surface area (Å²) in [5.41, 5.74) is 0. The van der Waals surface area contributed by atoms with E-state index in [1.165, 1.54) is 0 Å². The molecule has 0 heterocycles. The molecule has 0 bridgehead atoms. The van der Waals surface area contributed by atoms with Crippen molar-refractivity contribution in [1.82, 2.24) is 4.72 Å². The molecule has 1 aromatic carbocycles. The van der Waals surface area contributed by atoms with Crippen molar-refractivity contribution in [2.75, 3.05) is 6.61 Å². The summed E-state index contributed by atoms with van der Waals surface area (Å²) in [7, 11) is -3.62. The molecule has 1 aromatic rings. The Bertz CT molecular complexity index is 532. The fourth-order valence-electron chi connectivity index (χ4n) is 1.61. The molecule has 0 radical (unpaired) electrons. The first kappa shape index (κ1) is 17.1. The van der Waals surface area contributed by atoms with E-state index in [2.05, 4.69) is 36.6 Å². The Balaban J connectivity index is 3.06. The van der Waals surface area contributed by atoms with Gasteiger partial charge in [0, 0.05) is 21.6 Å². The van der Waals surface area contributed by atoms with Crippen LogP contribution in [-0.2, 0) is 10.0 Å². The van der Waals surface area contributed by atoms with Gasteiger partial charge in [0.15, 0.2) is 0 Å². The van der Waals surface area contributed by atoms with Crippen molar-refractivity contribution in [3.05, 3.63) is 27.1 Å². The van der Waals surface area contributed by atoms with Crippen LogP contribution in [0.1, 0.15) is 20.3 Å². The predicted octanol–water partition coefficient (Wildman–Crippen LogP) is 2.90. The lowest BCUT2D eigenvalue weighted by molar-refractivity contribution is 0.256. The van der Waals surface area contributed by atoms with Gasteiger partial charge in [-0.3, -0.25) is 0 Å². The van der Waals surface area contributed by atoms with Crippen LogP contribution in [0.5, 0.6) is 0 Å². The molecule has 0 aliphatic heterocycles. The summed E-state index contributed by atoms with van der Waals surface area (Å²) < 4.78 is 28.5. The maximum Gasteiger partial charge on any atom is 0.241 e. The minimum Gasteiger partial charge on any atom is -0.396 e. The smallest absolute Gasteiger partial charge is 0.241 e. The third kappa shape index (κ3) is 4.82. The lowest BCUT2D eigenvalue weighted by Gasteiger charge is -2.21. The first-order chi connectivity index (χ1) is 8.77. The number of nitrogens with one attached hydrogen (secondary N) is 1. The standard InChI is InChI=1S/C12H17Br2NO3S/c1-8(2)11(5-6-16)15-19(17,18)12-7-9(13)3-4-10(12)14/h3-4,7-8,11,15-16H,5-6H2,1-2H3. The Morgan fingerprint density at radius 1 is 1.32 bits per heavy atom. The zero-order chi connectivity index (χ0) is 14.6. The van der Waals surface area contributed by atoms with Crippen LogP contribution in [-0.4, -0.2) is 26.2 Å². The van der Waals surface area contributed by atoms with Gasteiger partial charge in [-0.25, -0.2) is 13.1 Å². The summed E-state index contributed by atoms with van der Waals surface area (Å²) in [5.74, 6) is 0.104. The van der Waals surface area contributed by atoms with Gasteiger partial charge in [-0.05, 0) is 46.5 Å². The summed E-state index contributed by atoms with van der Waals surface area (Å²) in [6, 6.07) is 4.69. The van der Waals surface area contributed by atoms with Gasteiger partial charge in [0.2, 0.25) is 10.0 Å². The minimum atomic E-state index is -3.62. The number of halogens is 2. The summed E-state index contributed by atoms with van der Waals surface area (Å²) >= 11 is 6.50. The van der Waals surface area contributed by atoms with E-state index in [1.54, 1.807) is 18.2 Å². The van der Waals surface area contributed by atoms with E-state index in [-0.39, 0.29) is 23.5 Å². The molecule has 1 atom stereocenters. The summed E-state index contributed by atoms with van der Waals surface area (Å²) in [4.78, 5) is 0.186. The van der Waals surface area contributed by atoms with Crippen LogP contribution in [0.2, 0.25) is 0 Å². The summed E-state index contributed by atoms with van der Waals surface area (Å²) in [5, 5.41) is 9.00. The molecular weight excluding hydrogens is 398 g/mol. The third-order valence-electron chi connectivity index (χ3n) is 2.73. The van der Waals surface area contributed by atoms with E-state index in [0.717, 1.165) is 0 Å². The number of hydrogen-bond acceptors (Lipinski definition) is 3. The van der Waals surface area contributed by atoms with Crippen LogP contribution in [0, 0.1) is 5.92 Å². The molecule has 0 saturated heterocycles. The fourth-order valence-corrected chi connectivity index (χ4v) is 4.53. The number of aliphatic hydroxyl groups is 1. The number of rotatable bonds is 6. The summed E-state index contributed by atoms with van der Waals surface area (Å²) in [6.07, 6.45) is 0.391. The van der Waals surface area contributed by atoms with Crippen LogP contribution < -0.4 is 4.72 Å². The highest BCUT2D eigenvalue weighted by Gasteiger charge is 2.24. The normalized spacial score (nSPS) is 13.8. The molecule has 2 N–H and O–H groups in total. The van der Waals surface area contributed by atoms with Crippen LogP contribution in [0.15, 0.2) is 32.0 Å². The van der Waals surface area contributed by atoms with Gasteiger partial charge >= 0.3 is 0 Å². The molecule has 0 fully saturated rings. The largest absolute Gasteiger partial charge is 0.396 e. The zero-order valence-electron chi connectivity index (χ0n) is 10.7. The van der Waals surface area contributed by atoms with Crippen LogP contribution in [0.25, 0.3) is 0 Å². The maximum absolute atomic E-state index is 12.4. The van der Waals surface area contributed by atoms with Crippen molar-refractivity contribution in [2.24, 2.45) is 5.92 Å². The molecule has 108 valence electrons. The molecule has 0 amide bonds. The van der Waals surface area contributed by atoms with Gasteiger partial charge in [0.1, 0.15) is 0 Å². The second-order valence-electron chi connectivity index (χ2n) is 4.56. The average molecular weight is 415 g/mol. The lowest BCUT2D eigenvalue weighted by Crippen LogP contribution is -2.39. The van der Waals surface area contributed by atoms with E-state index in [9.17, 15) is 8.42 Å². The molecule has 0 spiro atoms. The predicted molar refractivity (Wildman–Crippen MR) is 82.5 cm³/mol. The second-order valence-corrected chi connectivity index (χ2v) is 8.01. The monoisotopic (exact) mass is 413 g/mol. The van der Waals surface area contributed by atoms with Crippen molar-refractivity contribution < 1.29 is 13.5 Å². The Morgan fingerprint density at radius 3 is 2.47 bits per heavy atom. The van der Waals surface area contributed by atoms with Crippen molar-refractivity contribution >= 4 is 41.9 Å². The van der Waals surface area contributed by atoms with Crippen LogP contribution >= 0.6 is 31.9 Å². The van der Waals surface area contributed by atoms with Crippen molar-refractivity contribution in [1.29, 1.82) is 0 Å². The highest BCUT2D eigenvalue weighted by Crippen LogP contribution is 2.26. The minimum absolute atomic E-state index is 0.0506. The first-order valence-electron chi connectivity index (χ1n) is 5.86. The summed E-state index contributed by atoms with van der Waals surface area (Å²) in [6.45, 7) is 3.78. The van der Waals surface area contributed by atoms with Gasteiger partial charge in [0.05, 0.1) is 4.90 Å². The quantitative estimate of drug-likeness (QED) is 0.751. The third-order valence-corrected chi connectivity index (χ3v) is 5.71. The molecule has 0 aliphatic carbocycles. The van der Waals surface area contributed by atoms with Crippen molar-refractivity contribution in [2.45, 2.75) is 31.2 Å². The number of benzene rings is 1. The molecule has 4 nitrogen and oxygen atoms in total. The topological polar surface area (TPSA) is 66.4 Å². The van der Waals surface area contributed by atoms with Gasteiger partial charge < -0.3 is 5.11 Å². The Morgan fingerprint density at radius 2 is 1.95 bits per heavy atom. The Labute approximate surface area is 130 Å². The molecule has 0 aromatic heterocycles. The Kier molecular flexibility index (Phi) is 6.46. The molecular formula is C12H17Br2NO3S. The molecule has 19 heavy (non-hydrogen) atoms. The van der Waals surface area contributed by atoms with E-state index in [1.807, 2.05) is 13.8 Å². The van der Waals surface area contributed by atoms with Crippen molar-refractivity contribution in [3.63, 3.8) is 0 Å². The molecule has 0 saturated carbocycles. The molecule has 7 heteroatoms. The first-order valence-corrected chi connectivity index (χ1v) is 8.93.